The summed E-state index contributed by atoms with van der Waals surface area (Å²) in [6.45, 7) is 7.44. The van der Waals surface area contributed by atoms with Crippen molar-refractivity contribution in [3.8, 4) is 22.5 Å². The van der Waals surface area contributed by atoms with Gasteiger partial charge in [-0.15, -0.1) is 0 Å². The zero-order valence-electron chi connectivity index (χ0n) is 33.9. The lowest BCUT2D eigenvalue weighted by Crippen LogP contribution is -2.36. The Bertz CT molecular complexity index is 2340. The van der Waals surface area contributed by atoms with E-state index in [9.17, 15) is 4.79 Å². The number of halogens is 2. The number of anilines is 2. The van der Waals surface area contributed by atoms with Gasteiger partial charge in [-0.2, -0.15) is 0 Å². The number of nitrogens with one attached hydrogen (secondary N) is 2. The summed E-state index contributed by atoms with van der Waals surface area (Å²) in [5.41, 5.74) is 7.00. The number of ether oxygens (including phenoxy) is 1. The molecule has 0 aliphatic carbocycles. The summed E-state index contributed by atoms with van der Waals surface area (Å²) in [5, 5.41) is 0. The number of imidazole rings is 2. The molecule has 59 heavy (non-hydrogen) atoms. The Balaban J connectivity index is 0.982. The van der Waals surface area contributed by atoms with E-state index < -0.39 is 17.2 Å². The summed E-state index contributed by atoms with van der Waals surface area (Å²) in [4.78, 5) is 34.5. The van der Waals surface area contributed by atoms with Crippen molar-refractivity contribution in [3.05, 3.63) is 144 Å². The van der Waals surface area contributed by atoms with Crippen LogP contribution >= 0.6 is 0 Å². The number of carbonyl (C=O) groups excluding carboxylic acids is 1. The summed E-state index contributed by atoms with van der Waals surface area (Å²) in [7, 11) is 0. The van der Waals surface area contributed by atoms with Gasteiger partial charge in [0.1, 0.15) is 17.1 Å². The largest absolute Gasteiger partial charge is 0.444 e. The van der Waals surface area contributed by atoms with E-state index in [1.165, 1.54) is 17.7 Å². The molecule has 6 aromatic rings. The zero-order valence-corrected chi connectivity index (χ0v) is 33.9. The summed E-state index contributed by atoms with van der Waals surface area (Å²) < 4.78 is 38.4. The molecule has 3 aliphatic rings. The van der Waals surface area contributed by atoms with E-state index in [1.807, 2.05) is 44.1 Å². The monoisotopic (exact) mass is 795 g/mol. The smallest absolute Gasteiger partial charge is 0.410 e. The standard InChI is InChI=1S/C48H51F2N7O2/c1-48(2,3)59-47(58)56-23-7-10-44(56)46-52-29-41(54-46)34-13-17-36(18-14-34)43-20-19-42(35-15-11-33(12-16-35)40-28-51-30-53-40)57(43)37-26-38(49)45(39(50)27-37)55-24-21-32(22-25-55)31-8-5-4-6-9-31/h4-6,8-9,11-18,26-30,32,42-44H,7,10,19-25H2,1-3H3,(H,51,53)(H,52,54)/t42-,43-,44+/m1/s1. The van der Waals surface area contributed by atoms with Gasteiger partial charge in [-0.1, -0.05) is 78.9 Å². The molecule has 3 fully saturated rings. The Morgan fingerprint density at radius 3 is 1.95 bits per heavy atom. The molecule has 0 radical (unpaired) electrons. The van der Waals surface area contributed by atoms with E-state index in [0.29, 0.717) is 31.2 Å². The van der Waals surface area contributed by atoms with Gasteiger partial charge in [0.05, 0.1) is 35.8 Å². The van der Waals surface area contributed by atoms with Crippen LogP contribution in [-0.2, 0) is 4.74 Å². The second kappa shape index (κ2) is 16.0. The first-order valence-corrected chi connectivity index (χ1v) is 20.9. The van der Waals surface area contributed by atoms with Gasteiger partial charge < -0.3 is 24.5 Å². The summed E-state index contributed by atoms with van der Waals surface area (Å²) in [6.07, 6.45) is 10.1. The molecule has 0 bridgehead atoms. The molecule has 4 aromatic carbocycles. The van der Waals surface area contributed by atoms with Gasteiger partial charge in [0.25, 0.3) is 0 Å². The number of aromatic nitrogens is 4. The van der Waals surface area contributed by atoms with Crippen LogP contribution in [0, 0.1) is 11.6 Å². The number of benzene rings is 4. The lowest BCUT2D eigenvalue weighted by molar-refractivity contribution is 0.0218. The minimum Gasteiger partial charge on any atom is -0.444 e. The van der Waals surface area contributed by atoms with Gasteiger partial charge in [0, 0.05) is 48.8 Å². The molecule has 9 nitrogen and oxygen atoms in total. The van der Waals surface area contributed by atoms with Crippen molar-refractivity contribution in [1.82, 2.24) is 24.8 Å². The molecule has 5 heterocycles. The van der Waals surface area contributed by atoms with E-state index >= 15 is 8.78 Å². The molecular formula is C48H51F2N7O2. The summed E-state index contributed by atoms with van der Waals surface area (Å²) >= 11 is 0. The maximum Gasteiger partial charge on any atom is 0.410 e. The number of hydrogen-bond donors (Lipinski definition) is 2. The molecule has 0 unspecified atom stereocenters. The van der Waals surface area contributed by atoms with Crippen molar-refractivity contribution >= 4 is 17.5 Å². The van der Waals surface area contributed by atoms with Gasteiger partial charge in [0.2, 0.25) is 0 Å². The Morgan fingerprint density at radius 1 is 0.729 bits per heavy atom. The van der Waals surface area contributed by atoms with Crippen LogP contribution in [0.2, 0.25) is 0 Å². The Hall–Kier alpha value is -5.97. The third-order valence-corrected chi connectivity index (χ3v) is 12.2. The number of likely N-dealkylation sites (tertiary alicyclic amines) is 1. The van der Waals surface area contributed by atoms with Crippen LogP contribution in [0.5, 0.6) is 0 Å². The molecule has 3 aliphatic heterocycles. The number of piperidine rings is 1. The first kappa shape index (κ1) is 38.5. The molecule has 0 saturated carbocycles. The van der Waals surface area contributed by atoms with Crippen LogP contribution in [0.3, 0.4) is 0 Å². The quantitative estimate of drug-likeness (QED) is 0.159. The molecule has 0 spiro atoms. The van der Waals surface area contributed by atoms with Crippen molar-refractivity contribution in [2.75, 3.05) is 29.4 Å². The second-order valence-electron chi connectivity index (χ2n) is 17.1. The van der Waals surface area contributed by atoms with Crippen LogP contribution in [0.15, 0.2) is 110 Å². The first-order chi connectivity index (χ1) is 28.6. The fourth-order valence-electron chi connectivity index (χ4n) is 9.41. The SMILES string of the molecule is CC(C)(C)OC(=O)N1CCC[C@H]1c1nc(-c2ccc([C@H]3CC[C@H](c4ccc(-c5c[nH]cn5)cc4)N3c3cc(F)c(N4CCC(c5ccccc5)CC4)c(F)c3)cc2)c[nH]1. The highest BCUT2D eigenvalue weighted by atomic mass is 19.1. The number of H-pyrrole nitrogens is 2. The molecule has 2 N–H and O–H groups in total. The fourth-order valence-corrected chi connectivity index (χ4v) is 9.41. The number of amides is 1. The van der Waals surface area contributed by atoms with Crippen molar-refractivity contribution in [1.29, 1.82) is 0 Å². The highest BCUT2D eigenvalue weighted by Gasteiger charge is 2.38. The van der Waals surface area contributed by atoms with Crippen molar-refractivity contribution in [3.63, 3.8) is 0 Å². The molecule has 1 amide bonds. The van der Waals surface area contributed by atoms with E-state index in [-0.39, 0.29) is 29.9 Å². The van der Waals surface area contributed by atoms with E-state index in [0.717, 1.165) is 78.0 Å². The van der Waals surface area contributed by atoms with Gasteiger partial charge in [0.15, 0.2) is 11.6 Å². The minimum absolute atomic E-state index is 0.0606. The minimum atomic E-state index is -0.577. The highest BCUT2D eigenvalue weighted by molar-refractivity contribution is 5.69. The predicted molar refractivity (Wildman–Crippen MR) is 227 cm³/mol. The fraction of sp³-hybridized carbons (Fsp3) is 0.354. The number of aromatic amines is 2. The van der Waals surface area contributed by atoms with Crippen LogP contribution < -0.4 is 9.80 Å². The third kappa shape index (κ3) is 7.94. The summed E-state index contributed by atoms with van der Waals surface area (Å²) in [6, 6.07) is 29.7. The molecule has 3 atom stereocenters. The van der Waals surface area contributed by atoms with Crippen molar-refractivity contribution in [2.45, 2.75) is 88.9 Å². The normalized spacial score (nSPS) is 20.1. The van der Waals surface area contributed by atoms with Crippen LogP contribution in [0.1, 0.15) is 106 Å². The number of carbonyl (C=O) groups is 1. The summed E-state index contributed by atoms with van der Waals surface area (Å²) in [5.74, 6) is 0.0533. The number of hydrogen-bond acceptors (Lipinski definition) is 6. The molecule has 3 saturated heterocycles. The average Bonchev–Trinajstić information content (AvgIpc) is 4.08. The number of nitrogens with zero attached hydrogens (tertiary/aromatic N) is 5. The molecular weight excluding hydrogens is 745 g/mol. The zero-order chi connectivity index (χ0) is 40.7. The first-order valence-electron chi connectivity index (χ1n) is 20.9. The average molecular weight is 796 g/mol. The topological polar surface area (TPSA) is 93.4 Å². The van der Waals surface area contributed by atoms with Crippen molar-refractivity contribution in [2.24, 2.45) is 0 Å². The van der Waals surface area contributed by atoms with Crippen LogP contribution in [0.25, 0.3) is 22.5 Å². The van der Waals surface area contributed by atoms with Crippen LogP contribution in [0.4, 0.5) is 25.0 Å². The van der Waals surface area contributed by atoms with Gasteiger partial charge in [-0.25, -0.2) is 23.5 Å². The maximum atomic E-state index is 16.4. The Labute approximate surface area is 344 Å². The molecule has 11 heteroatoms. The maximum absolute atomic E-state index is 16.4. The van der Waals surface area contributed by atoms with E-state index in [1.54, 1.807) is 11.2 Å². The Morgan fingerprint density at radius 2 is 1.36 bits per heavy atom. The van der Waals surface area contributed by atoms with Gasteiger partial charge >= 0.3 is 6.09 Å². The van der Waals surface area contributed by atoms with Crippen molar-refractivity contribution < 1.29 is 18.3 Å². The highest BCUT2D eigenvalue weighted by Crippen LogP contribution is 2.48. The number of rotatable bonds is 8. The lowest BCUT2D eigenvalue weighted by atomic mass is 9.89. The van der Waals surface area contributed by atoms with Gasteiger partial charge in [-0.05, 0) is 94.0 Å². The lowest BCUT2D eigenvalue weighted by Gasteiger charge is -2.36. The molecule has 9 rings (SSSR count). The van der Waals surface area contributed by atoms with E-state index in [2.05, 4.69) is 92.6 Å². The predicted octanol–water partition coefficient (Wildman–Crippen LogP) is 11.3. The second-order valence-corrected chi connectivity index (χ2v) is 17.1. The van der Waals surface area contributed by atoms with Crippen LogP contribution in [-0.4, -0.2) is 56.2 Å². The van der Waals surface area contributed by atoms with E-state index in [4.69, 9.17) is 9.72 Å². The molecule has 2 aromatic heterocycles. The molecule has 304 valence electrons. The van der Waals surface area contributed by atoms with Gasteiger partial charge in [-0.3, -0.25) is 4.90 Å². The third-order valence-electron chi connectivity index (χ3n) is 12.2. The Kier molecular flexibility index (Phi) is 10.5.